The zero-order valence-corrected chi connectivity index (χ0v) is 17.9. The maximum absolute atomic E-state index is 12.3. The van der Waals surface area contributed by atoms with Crippen LogP contribution in [-0.2, 0) is 9.53 Å². The van der Waals surface area contributed by atoms with Crippen molar-refractivity contribution in [3.63, 3.8) is 0 Å². The average molecular weight is 477 g/mol. The number of esters is 1. The summed E-state index contributed by atoms with van der Waals surface area (Å²) in [4.78, 5) is 24.7. The van der Waals surface area contributed by atoms with Gasteiger partial charge < -0.3 is 10.1 Å². The first kappa shape index (κ1) is 20.3. The zero-order chi connectivity index (χ0) is 20.1. The second-order valence-electron chi connectivity index (χ2n) is 5.73. The Morgan fingerprint density at radius 2 is 1.79 bits per heavy atom. The minimum absolute atomic E-state index is 0.336. The largest absolute Gasteiger partial charge is 0.465 e. The van der Waals surface area contributed by atoms with Crippen molar-refractivity contribution in [3.05, 3.63) is 80.6 Å². The lowest BCUT2D eigenvalue weighted by atomic mass is 10.0. The Balaban J connectivity index is 1.85. The lowest BCUT2D eigenvalue weighted by Crippen LogP contribution is -2.11. The number of rotatable bonds is 5. The average Bonchev–Trinajstić information content (AvgIpc) is 3.11. The van der Waals surface area contributed by atoms with E-state index in [0.29, 0.717) is 21.2 Å². The summed E-state index contributed by atoms with van der Waals surface area (Å²) >= 11 is 10.5. The van der Waals surface area contributed by atoms with Crippen molar-refractivity contribution in [2.75, 3.05) is 12.4 Å². The molecule has 0 fully saturated rings. The highest BCUT2D eigenvalue weighted by Gasteiger charge is 2.21. The molecule has 0 atom stereocenters. The second kappa shape index (κ2) is 9.19. The van der Waals surface area contributed by atoms with Crippen molar-refractivity contribution in [1.29, 1.82) is 0 Å². The number of methoxy groups -OCH3 is 1. The molecule has 0 aliphatic heterocycles. The number of nitrogens with one attached hydrogen (secondary N) is 1. The van der Waals surface area contributed by atoms with E-state index in [9.17, 15) is 9.59 Å². The van der Waals surface area contributed by atoms with Crippen molar-refractivity contribution in [1.82, 2.24) is 0 Å². The molecular weight excluding hydrogens is 462 g/mol. The molecule has 0 radical (unpaired) electrons. The molecular formula is C21H15BrClNO3S. The molecule has 0 bridgehead atoms. The molecule has 0 aliphatic rings. The summed E-state index contributed by atoms with van der Waals surface area (Å²) in [5, 5.41) is 5.66. The third-order valence-corrected chi connectivity index (χ3v) is 5.55. The summed E-state index contributed by atoms with van der Waals surface area (Å²) in [6.07, 6.45) is 3.08. The second-order valence-corrected chi connectivity index (χ2v) is 7.96. The van der Waals surface area contributed by atoms with Crippen LogP contribution in [0.5, 0.6) is 0 Å². The van der Waals surface area contributed by atoms with E-state index in [1.54, 1.807) is 18.2 Å². The summed E-state index contributed by atoms with van der Waals surface area (Å²) in [6, 6.07) is 14.7. The number of carbonyl (C=O) groups is 2. The summed E-state index contributed by atoms with van der Waals surface area (Å²) in [5.74, 6) is -0.847. The number of carbonyl (C=O) groups excluding carboxylic acids is 2. The number of thiophene rings is 1. The van der Waals surface area contributed by atoms with Gasteiger partial charge in [-0.05, 0) is 41.5 Å². The standard InChI is InChI=1S/C21H15BrClNO3S/c1-27-21(26)19-17(14-5-7-15(22)8-6-14)12-28-20(19)24-18(25)11-4-13-2-9-16(23)10-3-13/h2-12H,1H3,(H,24,25). The minimum atomic E-state index is -0.504. The Kier molecular flexibility index (Phi) is 6.67. The van der Waals surface area contributed by atoms with Crippen LogP contribution in [0.2, 0.25) is 5.02 Å². The van der Waals surface area contributed by atoms with Crippen LogP contribution in [0.25, 0.3) is 17.2 Å². The van der Waals surface area contributed by atoms with Gasteiger partial charge in [0.15, 0.2) is 0 Å². The lowest BCUT2D eigenvalue weighted by Gasteiger charge is -2.07. The van der Waals surface area contributed by atoms with Crippen LogP contribution in [0.1, 0.15) is 15.9 Å². The third-order valence-electron chi connectivity index (χ3n) is 3.87. The van der Waals surface area contributed by atoms with Gasteiger partial charge >= 0.3 is 5.97 Å². The third kappa shape index (κ3) is 4.90. The molecule has 1 N–H and O–H groups in total. The molecule has 0 saturated heterocycles. The van der Waals surface area contributed by atoms with Crippen LogP contribution in [0, 0.1) is 0 Å². The van der Waals surface area contributed by atoms with Crippen LogP contribution in [0.4, 0.5) is 5.00 Å². The summed E-state index contributed by atoms with van der Waals surface area (Å²) in [6.45, 7) is 0. The Bertz CT molecular complexity index is 1030. The molecule has 0 aliphatic carbocycles. The van der Waals surface area contributed by atoms with Crippen LogP contribution in [0.3, 0.4) is 0 Å². The monoisotopic (exact) mass is 475 g/mol. The van der Waals surface area contributed by atoms with Gasteiger partial charge in [0.05, 0.1) is 7.11 Å². The number of halogens is 2. The summed E-state index contributed by atoms with van der Waals surface area (Å²) in [7, 11) is 1.32. The van der Waals surface area contributed by atoms with Crippen molar-refractivity contribution >= 4 is 61.8 Å². The van der Waals surface area contributed by atoms with Gasteiger partial charge in [0.1, 0.15) is 10.6 Å². The fourth-order valence-corrected chi connectivity index (χ4v) is 3.85. The molecule has 3 rings (SSSR count). The molecule has 1 amide bonds. The number of hydrogen-bond donors (Lipinski definition) is 1. The first-order valence-electron chi connectivity index (χ1n) is 8.18. The molecule has 1 heterocycles. The van der Waals surface area contributed by atoms with E-state index in [1.807, 2.05) is 41.8 Å². The smallest absolute Gasteiger partial charge is 0.341 e. The van der Waals surface area contributed by atoms with Gasteiger partial charge in [0.2, 0.25) is 5.91 Å². The number of ether oxygens (including phenoxy) is 1. The normalized spacial score (nSPS) is 10.8. The van der Waals surface area contributed by atoms with Gasteiger partial charge in [-0.3, -0.25) is 4.79 Å². The minimum Gasteiger partial charge on any atom is -0.465 e. The van der Waals surface area contributed by atoms with Gasteiger partial charge in [-0.1, -0.05) is 51.8 Å². The molecule has 1 aromatic heterocycles. The Labute approximate surface area is 179 Å². The van der Waals surface area contributed by atoms with Crippen LogP contribution >= 0.6 is 38.9 Å². The van der Waals surface area contributed by atoms with Gasteiger partial charge in [-0.15, -0.1) is 11.3 Å². The highest BCUT2D eigenvalue weighted by atomic mass is 79.9. The van der Waals surface area contributed by atoms with E-state index < -0.39 is 5.97 Å². The van der Waals surface area contributed by atoms with Gasteiger partial charge in [0, 0.05) is 26.5 Å². The number of benzene rings is 2. The van der Waals surface area contributed by atoms with Gasteiger partial charge in [0.25, 0.3) is 0 Å². The van der Waals surface area contributed by atoms with Crippen molar-refractivity contribution in [2.45, 2.75) is 0 Å². The van der Waals surface area contributed by atoms with E-state index in [4.69, 9.17) is 16.3 Å². The van der Waals surface area contributed by atoms with Crippen molar-refractivity contribution in [3.8, 4) is 11.1 Å². The Morgan fingerprint density at radius 1 is 1.11 bits per heavy atom. The van der Waals surface area contributed by atoms with E-state index >= 15 is 0 Å². The highest BCUT2D eigenvalue weighted by molar-refractivity contribution is 9.10. The van der Waals surface area contributed by atoms with E-state index in [0.717, 1.165) is 15.6 Å². The summed E-state index contributed by atoms with van der Waals surface area (Å²) < 4.78 is 5.86. The highest BCUT2D eigenvalue weighted by Crippen LogP contribution is 2.36. The number of anilines is 1. The SMILES string of the molecule is COC(=O)c1c(-c2ccc(Br)cc2)csc1NC(=O)C=Cc1ccc(Cl)cc1. The molecule has 0 spiro atoms. The molecule has 2 aromatic carbocycles. The van der Waals surface area contributed by atoms with Gasteiger partial charge in [-0.25, -0.2) is 4.79 Å². The Morgan fingerprint density at radius 3 is 2.43 bits per heavy atom. The van der Waals surface area contributed by atoms with E-state index in [2.05, 4.69) is 21.2 Å². The quantitative estimate of drug-likeness (QED) is 0.349. The maximum Gasteiger partial charge on any atom is 0.341 e. The van der Waals surface area contributed by atoms with Crippen molar-refractivity contribution < 1.29 is 14.3 Å². The predicted molar refractivity (Wildman–Crippen MR) is 118 cm³/mol. The summed E-state index contributed by atoms with van der Waals surface area (Å²) in [5.41, 5.74) is 2.75. The van der Waals surface area contributed by atoms with Crippen molar-refractivity contribution in [2.24, 2.45) is 0 Å². The molecule has 4 nitrogen and oxygen atoms in total. The molecule has 28 heavy (non-hydrogen) atoms. The number of amides is 1. The predicted octanol–water partition coefficient (Wildman–Crippen LogP) is 6.27. The topological polar surface area (TPSA) is 55.4 Å². The molecule has 142 valence electrons. The first-order chi connectivity index (χ1) is 13.5. The van der Waals surface area contributed by atoms with Gasteiger partial charge in [-0.2, -0.15) is 0 Å². The van der Waals surface area contributed by atoms with E-state index in [-0.39, 0.29) is 5.91 Å². The maximum atomic E-state index is 12.3. The first-order valence-corrected chi connectivity index (χ1v) is 10.2. The van der Waals surface area contributed by atoms with Crippen LogP contribution < -0.4 is 5.32 Å². The molecule has 3 aromatic rings. The zero-order valence-electron chi connectivity index (χ0n) is 14.7. The fourth-order valence-electron chi connectivity index (χ4n) is 2.50. The van der Waals surface area contributed by atoms with E-state index in [1.165, 1.54) is 24.5 Å². The molecule has 0 unspecified atom stereocenters. The molecule has 7 heteroatoms. The fraction of sp³-hybridized carbons (Fsp3) is 0.0476. The molecule has 0 saturated carbocycles. The van der Waals surface area contributed by atoms with Crippen LogP contribution in [0.15, 0.2) is 64.5 Å². The Hall–Kier alpha value is -2.41. The van der Waals surface area contributed by atoms with Crippen LogP contribution in [-0.4, -0.2) is 19.0 Å². The lowest BCUT2D eigenvalue weighted by molar-refractivity contribution is -0.111. The number of hydrogen-bond acceptors (Lipinski definition) is 4.